The molecule has 4 nitrogen and oxygen atoms in total. The highest BCUT2D eigenvalue weighted by molar-refractivity contribution is 5.94. The molecule has 3 N–H and O–H groups in total. The molecule has 0 bridgehead atoms. The molecular formula is C14H20F3N3O. The van der Waals surface area contributed by atoms with E-state index >= 15 is 0 Å². The molecule has 1 aromatic carbocycles. The Balaban J connectivity index is 2.71. The number of nitrogens with two attached hydrogens (primary N) is 1. The zero-order chi connectivity index (χ0) is 16.0. The predicted molar refractivity (Wildman–Crippen MR) is 76.0 cm³/mol. The minimum absolute atomic E-state index is 0.0453. The third-order valence-electron chi connectivity index (χ3n) is 3.23. The summed E-state index contributed by atoms with van der Waals surface area (Å²) in [5.74, 6) is -0.535. The van der Waals surface area contributed by atoms with Crippen molar-refractivity contribution in [2.24, 2.45) is 0 Å². The second-order valence-corrected chi connectivity index (χ2v) is 4.58. The van der Waals surface area contributed by atoms with Crippen molar-refractivity contribution in [2.75, 3.05) is 31.9 Å². The molecule has 7 heteroatoms. The van der Waals surface area contributed by atoms with E-state index in [9.17, 15) is 18.0 Å². The fraction of sp³-hybridized carbons (Fsp3) is 0.500. The summed E-state index contributed by atoms with van der Waals surface area (Å²) >= 11 is 0. The van der Waals surface area contributed by atoms with Crippen molar-refractivity contribution in [3.63, 3.8) is 0 Å². The van der Waals surface area contributed by atoms with Crippen LogP contribution in [0.3, 0.4) is 0 Å². The maximum Gasteiger partial charge on any atom is 0.418 e. The van der Waals surface area contributed by atoms with Gasteiger partial charge in [0.05, 0.1) is 5.56 Å². The van der Waals surface area contributed by atoms with Crippen LogP contribution in [0.5, 0.6) is 0 Å². The maximum absolute atomic E-state index is 12.7. The molecule has 0 saturated heterocycles. The number of carbonyl (C=O) groups excluding carboxylic acids is 1. The molecule has 0 aliphatic rings. The van der Waals surface area contributed by atoms with Crippen molar-refractivity contribution in [3.8, 4) is 0 Å². The van der Waals surface area contributed by atoms with Crippen LogP contribution < -0.4 is 11.1 Å². The number of alkyl halides is 3. The van der Waals surface area contributed by atoms with Gasteiger partial charge in [0.1, 0.15) is 0 Å². The first-order chi connectivity index (χ1) is 9.79. The Labute approximate surface area is 122 Å². The summed E-state index contributed by atoms with van der Waals surface area (Å²) in [6.45, 7) is 6.74. The Morgan fingerprint density at radius 2 is 1.90 bits per heavy atom. The zero-order valence-corrected chi connectivity index (χ0v) is 12.1. The van der Waals surface area contributed by atoms with Crippen LogP contribution in [0.4, 0.5) is 18.9 Å². The lowest BCUT2D eigenvalue weighted by molar-refractivity contribution is -0.136. The summed E-state index contributed by atoms with van der Waals surface area (Å²) in [5.41, 5.74) is 3.87. The Hall–Kier alpha value is -1.76. The number of likely N-dealkylation sites (N-methyl/N-ethyl adjacent to an activating group) is 1. The van der Waals surface area contributed by atoms with Crippen molar-refractivity contribution >= 4 is 11.6 Å². The summed E-state index contributed by atoms with van der Waals surface area (Å²) in [4.78, 5) is 14.0. The van der Waals surface area contributed by atoms with Gasteiger partial charge < -0.3 is 16.0 Å². The average molecular weight is 303 g/mol. The number of rotatable bonds is 6. The standard InChI is InChI=1S/C14H20F3N3O/c1-3-20(4-2)8-7-19-13(21)10-5-6-12(18)11(9-10)14(15,16)17/h5-6,9H,3-4,7-8,18H2,1-2H3,(H,19,21). The Morgan fingerprint density at radius 3 is 2.43 bits per heavy atom. The van der Waals surface area contributed by atoms with E-state index in [1.54, 1.807) is 0 Å². The van der Waals surface area contributed by atoms with E-state index < -0.39 is 17.6 Å². The molecule has 1 aromatic rings. The molecule has 0 unspecified atom stereocenters. The predicted octanol–water partition coefficient (Wildman–Crippen LogP) is 2.36. The van der Waals surface area contributed by atoms with E-state index in [4.69, 9.17) is 5.73 Å². The van der Waals surface area contributed by atoms with Gasteiger partial charge in [-0.2, -0.15) is 13.2 Å². The summed E-state index contributed by atoms with van der Waals surface area (Å²) < 4.78 is 38.2. The van der Waals surface area contributed by atoms with Crippen LogP contribution in [0.2, 0.25) is 0 Å². The van der Waals surface area contributed by atoms with Gasteiger partial charge in [-0.15, -0.1) is 0 Å². The highest BCUT2D eigenvalue weighted by Gasteiger charge is 2.33. The van der Waals surface area contributed by atoms with Crippen LogP contribution in [0.1, 0.15) is 29.8 Å². The van der Waals surface area contributed by atoms with Crippen molar-refractivity contribution in [2.45, 2.75) is 20.0 Å². The van der Waals surface area contributed by atoms with Gasteiger partial charge in [0, 0.05) is 24.3 Å². The SMILES string of the molecule is CCN(CC)CCNC(=O)c1ccc(N)c(C(F)(F)F)c1. The summed E-state index contributed by atoms with van der Waals surface area (Å²) in [7, 11) is 0. The first kappa shape index (κ1) is 17.3. The molecule has 0 atom stereocenters. The summed E-state index contributed by atoms with van der Waals surface area (Å²) in [5, 5.41) is 2.61. The quantitative estimate of drug-likeness (QED) is 0.793. The third-order valence-corrected chi connectivity index (χ3v) is 3.23. The zero-order valence-electron chi connectivity index (χ0n) is 12.1. The van der Waals surface area contributed by atoms with E-state index in [1.165, 1.54) is 6.07 Å². The first-order valence-electron chi connectivity index (χ1n) is 6.76. The number of benzene rings is 1. The summed E-state index contributed by atoms with van der Waals surface area (Å²) in [6, 6.07) is 3.17. The van der Waals surface area contributed by atoms with Crippen LogP contribution in [0, 0.1) is 0 Å². The topological polar surface area (TPSA) is 58.4 Å². The lowest BCUT2D eigenvalue weighted by atomic mass is 10.1. The minimum Gasteiger partial charge on any atom is -0.398 e. The molecule has 0 aliphatic heterocycles. The van der Waals surface area contributed by atoms with Crippen LogP contribution >= 0.6 is 0 Å². The van der Waals surface area contributed by atoms with Gasteiger partial charge in [0.2, 0.25) is 0 Å². The van der Waals surface area contributed by atoms with Gasteiger partial charge in [-0.05, 0) is 31.3 Å². The molecule has 21 heavy (non-hydrogen) atoms. The number of hydrogen-bond donors (Lipinski definition) is 2. The van der Waals surface area contributed by atoms with Gasteiger partial charge in [-0.1, -0.05) is 13.8 Å². The molecule has 0 fully saturated rings. The second-order valence-electron chi connectivity index (χ2n) is 4.58. The number of nitrogen functional groups attached to an aromatic ring is 1. The largest absolute Gasteiger partial charge is 0.418 e. The molecule has 118 valence electrons. The molecule has 0 saturated carbocycles. The average Bonchev–Trinajstić information content (AvgIpc) is 2.42. The van der Waals surface area contributed by atoms with Gasteiger partial charge in [0.25, 0.3) is 5.91 Å². The van der Waals surface area contributed by atoms with E-state index in [2.05, 4.69) is 10.2 Å². The van der Waals surface area contributed by atoms with Gasteiger partial charge >= 0.3 is 6.18 Å². The number of anilines is 1. The number of hydrogen-bond acceptors (Lipinski definition) is 3. The fourth-order valence-electron chi connectivity index (χ4n) is 1.91. The fourth-order valence-corrected chi connectivity index (χ4v) is 1.91. The van der Waals surface area contributed by atoms with Crippen molar-refractivity contribution < 1.29 is 18.0 Å². The molecule has 0 radical (unpaired) electrons. The third kappa shape index (κ3) is 4.93. The molecule has 1 rings (SSSR count). The smallest absolute Gasteiger partial charge is 0.398 e. The number of carbonyl (C=O) groups is 1. The second kappa shape index (κ2) is 7.31. The molecule has 0 aliphatic carbocycles. The van der Waals surface area contributed by atoms with Crippen LogP contribution in [0.25, 0.3) is 0 Å². The number of nitrogens with zero attached hydrogens (tertiary/aromatic N) is 1. The molecule has 0 heterocycles. The molecule has 0 aromatic heterocycles. The monoisotopic (exact) mass is 303 g/mol. The number of halogens is 3. The highest BCUT2D eigenvalue weighted by Crippen LogP contribution is 2.33. The Morgan fingerprint density at radius 1 is 1.29 bits per heavy atom. The van der Waals surface area contributed by atoms with E-state index in [-0.39, 0.29) is 11.3 Å². The maximum atomic E-state index is 12.7. The number of nitrogens with one attached hydrogen (secondary N) is 1. The molecule has 1 amide bonds. The molecular weight excluding hydrogens is 283 g/mol. The lowest BCUT2D eigenvalue weighted by Crippen LogP contribution is -2.34. The van der Waals surface area contributed by atoms with Crippen molar-refractivity contribution in [3.05, 3.63) is 29.3 Å². The van der Waals surface area contributed by atoms with Gasteiger partial charge in [-0.25, -0.2) is 0 Å². The van der Waals surface area contributed by atoms with Crippen LogP contribution in [-0.2, 0) is 6.18 Å². The van der Waals surface area contributed by atoms with E-state index in [0.29, 0.717) is 13.1 Å². The number of amides is 1. The van der Waals surface area contributed by atoms with Crippen molar-refractivity contribution in [1.82, 2.24) is 10.2 Å². The van der Waals surface area contributed by atoms with Gasteiger partial charge in [0.15, 0.2) is 0 Å². The van der Waals surface area contributed by atoms with Crippen LogP contribution in [0.15, 0.2) is 18.2 Å². The highest BCUT2D eigenvalue weighted by atomic mass is 19.4. The molecule has 0 spiro atoms. The van der Waals surface area contributed by atoms with E-state index in [1.807, 2.05) is 13.8 Å². The van der Waals surface area contributed by atoms with Crippen molar-refractivity contribution in [1.29, 1.82) is 0 Å². The van der Waals surface area contributed by atoms with Gasteiger partial charge in [-0.3, -0.25) is 4.79 Å². The minimum atomic E-state index is -4.57. The lowest BCUT2D eigenvalue weighted by Gasteiger charge is -2.18. The Bertz CT molecular complexity index is 485. The van der Waals surface area contributed by atoms with E-state index in [0.717, 1.165) is 25.2 Å². The summed E-state index contributed by atoms with van der Waals surface area (Å²) in [6.07, 6.45) is -4.57. The van der Waals surface area contributed by atoms with Crippen LogP contribution in [-0.4, -0.2) is 37.0 Å². The Kier molecular flexibility index (Phi) is 6.02. The first-order valence-corrected chi connectivity index (χ1v) is 6.76. The normalized spacial score (nSPS) is 11.7.